The molecule has 0 aromatic heterocycles. The maximum absolute atomic E-state index is 11.6. The molecule has 0 bridgehead atoms. The monoisotopic (exact) mass is 214 g/mol. The first kappa shape index (κ1) is 10.4. The number of nitrogens with zero attached hydrogens (tertiary/aromatic N) is 2. The fourth-order valence-corrected chi connectivity index (χ4v) is 1.73. The van der Waals surface area contributed by atoms with Gasteiger partial charge in [0.2, 0.25) is 11.8 Å². The lowest BCUT2D eigenvalue weighted by Crippen LogP contribution is -2.40. The highest BCUT2D eigenvalue weighted by Gasteiger charge is 2.26. The van der Waals surface area contributed by atoms with E-state index in [2.05, 4.69) is 0 Å². The number of hydrogen-bond donors (Lipinski definition) is 0. The molecule has 1 aromatic carbocycles. The summed E-state index contributed by atoms with van der Waals surface area (Å²) in [6.45, 7) is 0. The molecule has 0 N–H and O–H groups in total. The molecule has 0 saturated carbocycles. The highest BCUT2D eigenvalue weighted by Crippen LogP contribution is 2.21. The smallest absolute Gasteiger partial charge is 0.233 e. The van der Waals surface area contributed by atoms with Crippen molar-refractivity contribution in [2.45, 2.75) is 19.3 Å². The number of piperidine rings is 1. The molecule has 1 saturated heterocycles. The van der Waals surface area contributed by atoms with Crippen molar-refractivity contribution in [1.29, 1.82) is 5.26 Å². The van der Waals surface area contributed by atoms with Gasteiger partial charge in [-0.25, -0.2) is 0 Å². The quantitative estimate of drug-likeness (QED) is 0.667. The molecule has 1 aliphatic heterocycles. The van der Waals surface area contributed by atoms with Crippen molar-refractivity contribution in [2.75, 3.05) is 4.90 Å². The van der Waals surface area contributed by atoms with E-state index in [1.54, 1.807) is 24.3 Å². The minimum atomic E-state index is -0.166. The van der Waals surface area contributed by atoms with Crippen molar-refractivity contribution in [2.24, 2.45) is 0 Å². The number of carbonyl (C=O) groups excluding carboxylic acids is 2. The van der Waals surface area contributed by atoms with Gasteiger partial charge in [-0.2, -0.15) is 5.26 Å². The van der Waals surface area contributed by atoms with Gasteiger partial charge in [-0.1, -0.05) is 0 Å². The first-order chi connectivity index (χ1) is 7.72. The Morgan fingerprint density at radius 2 is 1.62 bits per heavy atom. The average molecular weight is 214 g/mol. The zero-order valence-electron chi connectivity index (χ0n) is 8.64. The Hall–Kier alpha value is -2.15. The lowest BCUT2D eigenvalue weighted by Gasteiger charge is -2.24. The molecule has 0 spiro atoms. The second-order valence-electron chi connectivity index (χ2n) is 3.64. The van der Waals surface area contributed by atoms with Gasteiger partial charge in [-0.15, -0.1) is 0 Å². The van der Waals surface area contributed by atoms with Gasteiger partial charge in [0.15, 0.2) is 0 Å². The Bertz CT molecular complexity index is 455. The number of amides is 2. The lowest BCUT2D eigenvalue weighted by molar-refractivity contribution is -0.129. The van der Waals surface area contributed by atoms with Crippen LogP contribution in [-0.2, 0) is 9.59 Å². The van der Waals surface area contributed by atoms with Crippen LogP contribution in [0.25, 0.3) is 0 Å². The third-order valence-electron chi connectivity index (χ3n) is 2.53. The molecule has 1 heterocycles. The Labute approximate surface area is 93.1 Å². The van der Waals surface area contributed by atoms with Crippen LogP contribution in [0.4, 0.5) is 5.69 Å². The van der Waals surface area contributed by atoms with Crippen molar-refractivity contribution < 1.29 is 9.59 Å². The van der Waals surface area contributed by atoms with Gasteiger partial charge < -0.3 is 0 Å². The molecule has 1 aromatic rings. The van der Waals surface area contributed by atoms with Crippen LogP contribution in [0, 0.1) is 11.3 Å². The van der Waals surface area contributed by atoms with Gasteiger partial charge in [-0.3, -0.25) is 14.5 Å². The van der Waals surface area contributed by atoms with E-state index in [9.17, 15) is 9.59 Å². The standard InChI is InChI=1S/C12H10N2O2/c13-8-9-4-6-10(7-5-9)14-11(15)2-1-3-12(14)16/h4-7H,1-3H2. The number of carbonyl (C=O) groups is 2. The molecule has 1 fully saturated rings. The van der Waals surface area contributed by atoms with E-state index in [-0.39, 0.29) is 11.8 Å². The second-order valence-corrected chi connectivity index (χ2v) is 3.64. The fraction of sp³-hybridized carbons (Fsp3) is 0.250. The largest absolute Gasteiger partial charge is 0.274 e. The summed E-state index contributed by atoms with van der Waals surface area (Å²) in [7, 11) is 0. The first-order valence-corrected chi connectivity index (χ1v) is 5.08. The lowest BCUT2D eigenvalue weighted by atomic mass is 10.1. The number of imide groups is 1. The first-order valence-electron chi connectivity index (χ1n) is 5.08. The van der Waals surface area contributed by atoms with Crippen molar-refractivity contribution in [1.82, 2.24) is 0 Å². The number of benzene rings is 1. The summed E-state index contributed by atoms with van der Waals surface area (Å²) in [5.41, 5.74) is 1.06. The van der Waals surface area contributed by atoms with Crippen LogP contribution >= 0.6 is 0 Å². The normalized spacial score (nSPS) is 16.1. The maximum atomic E-state index is 11.6. The molecule has 16 heavy (non-hydrogen) atoms. The predicted molar refractivity (Wildman–Crippen MR) is 57.5 cm³/mol. The molecule has 2 amide bonds. The van der Waals surface area contributed by atoms with Crippen LogP contribution < -0.4 is 4.90 Å². The van der Waals surface area contributed by atoms with Gasteiger partial charge >= 0.3 is 0 Å². The number of nitriles is 1. The minimum absolute atomic E-state index is 0.166. The van der Waals surface area contributed by atoms with Crippen LogP contribution in [0.15, 0.2) is 24.3 Å². The fourth-order valence-electron chi connectivity index (χ4n) is 1.73. The van der Waals surface area contributed by atoms with Crippen molar-refractivity contribution in [3.63, 3.8) is 0 Å². The third-order valence-corrected chi connectivity index (χ3v) is 2.53. The van der Waals surface area contributed by atoms with Gasteiger partial charge in [0.25, 0.3) is 0 Å². The summed E-state index contributed by atoms with van der Waals surface area (Å²) in [5, 5.41) is 8.65. The molecular weight excluding hydrogens is 204 g/mol. The van der Waals surface area contributed by atoms with Gasteiger partial charge in [-0.05, 0) is 30.7 Å². The summed E-state index contributed by atoms with van der Waals surface area (Å²) in [6, 6.07) is 8.44. The molecule has 0 atom stereocenters. The topological polar surface area (TPSA) is 61.2 Å². The molecule has 0 radical (unpaired) electrons. The van der Waals surface area contributed by atoms with Crippen molar-refractivity contribution in [3.8, 4) is 6.07 Å². The van der Waals surface area contributed by atoms with E-state index < -0.39 is 0 Å². The van der Waals surface area contributed by atoms with Crippen LogP contribution in [-0.4, -0.2) is 11.8 Å². The molecule has 1 aliphatic rings. The summed E-state index contributed by atoms with van der Waals surface area (Å²) in [6.07, 6.45) is 1.45. The average Bonchev–Trinajstić information content (AvgIpc) is 2.30. The van der Waals surface area contributed by atoms with Gasteiger partial charge in [0.1, 0.15) is 0 Å². The minimum Gasteiger partial charge on any atom is -0.274 e. The van der Waals surface area contributed by atoms with Gasteiger partial charge in [0, 0.05) is 12.8 Å². The maximum Gasteiger partial charge on any atom is 0.233 e. The highest BCUT2D eigenvalue weighted by atomic mass is 16.2. The third kappa shape index (κ3) is 1.80. The van der Waals surface area contributed by atoms with E-state index in [1.165, 1.54) is 4.90 Å². The number of anilines is 1. The number of hydrogen-bond acceptors (Lipinski definition) is 3. The van der Waals surface area contributed by atoms with E-state index in [4.69, 9.17) is 5.26 Å². The zero-order chi connectivity index (χ0) is 11.5. The molecular formula is C12H10N2O2. The molecule has 4 heteroatoms. The summed E-state index contributed by atoms with van der Waals surface area (Å²) < 4.78 is 0. The Morgan fingerprint density at radius 1 is 1.06 bits per heavy atom. The Morgan fingerprint density at radius 3 is 2.12 bits per heavy atom. The SMILES string of the molecule is N#Cc1ccc(N2C(=O)CCCC2=O)cc1. The van der Waals surface area contributed by atoms with Crippen LogP contribution in [0.5, 0.6) is 0 Å². The Balaban J connectivity index is 2.31. The zero-order valence-corrected chi connectivity index (χ0v) is 8.64. The van der Waals surface area contributed by atoms with Gasteiger partial charge in [0.05, 0.1) is 17.3 Å². The van der Waals surface area contributed by atoms with Crippen LogP contribution in [0.2, 0.25) is 0 Å². The summed E-state index contributed by atoms with van der Waals surface area (Å²) >= 11 is 0. The van der Waals surface area contributed by atoms with Crippen LogP contribution in [0.3, 0.4) is 0 Å². The molecule has 2 rings (SSSR count). The van der Waals surface area contributed by atoms with Crippen LogP contribution in [0.1, 0.15) is 24.8 Å². The molecule has 80 valence electrons. The summed E-state index contributed by atoms with van der Waals surface area (Å²) in [4.78, 5) is 24.4. The second kappa shape index (κ2) is 4.15. The molecule has 0 aliphatic carbocycles. The highest BCUT2D eigenvalue weighted by molar-refractivity contribution is 6.16. The van der Waals surface area contributed by atoms with E-state index in [0.29, 0.717) is 30.5 Å². The summed E-state index contributed by atoms with van der Waals surface area (Å²) in [5.74, 6) is -0.332. The van der Waals surface area contributed by atoms with Crippen molar-refractivity contribution >= 4 is 17.5 Å². The molecule has 4 nitrogen and oxygen atoms in total. The predicted octanol–water partition coefficient (Wildman–Crippen LogP) is 1.60. The molecule has 0 unspecified atom stereocenters. The Kier molecular flexibility index (Phi) is 2.69. The van der Waals surface area contributed by atoms with E-state index >= 15 is 0 Å². The van der Waals surface area contributed by atoms with E-state index in [0.717, 1.165) is 0 Å². The van der Waals surface area contributed by atoms with E-state index in [1.807, 2.05) is 6.07 Å². The number of rotatable bonds is 1. The van der Waals surface area contributed by atoms with Crippen molar-refractivity contribution in [3.05, 3.63) is 29.8 Å².